The van der Waals surface area contributed by atoms with Gasteiger partial charge < -0.3 is 10.2 Å². The van der Waals surface area contributed by atoms with Crippen LogP contribution in [-0.2, 0) is 14.4 Å². The van der Waals surface area contributed by atoms with Crippen molar-refractivity contribution in [3.63, 3.8) is 0 Å². The number of aliphatic carboxylic acids is 1. The molecule has 0 aromatic heterocycles. The molecule has 10 atom stereocenters. The number of terminal acetylenes is 1. The van der Waals surface area contributed by atoms with Crippen LogP contribution in [0.5, 0.6) is 0 Å². The summed E-state index contributed by atoms with van der Waals surface area (Å²) in [6.07, 6.45) is 6.41. The second-order valence-electron chi connectivity index (χ2n) is 13.2. The summed E-state index contributed by atoms with van der Waals surface area (Å²) in [5.74, 6) is -1.11. The molecule has 3 saturated carbocycles. The van der Waals surface area contributed by atoms with Gasteiger partial charge in [-0.05, 0) is 87.4 Å². The van der Waals surface area contributed by atoms with Crippen LogP contribution >= 0.6 is 23.2 Å². The number of allylic oxidation sites excluding steroid dienone is 4. The molecule has 2 unspecified atom stereocenters. The van der Waals surface area contributed by atoms with Crippen molar-refractivity contribution in [3.05, 3.63) is 53.1 Å². The fourth-order valence-electron chi connectivity index (χ4n) is 8.47. The molecular weight excluding hydrogens is 599 g/mol. The van der Waals surface area contributed by atoms with Crippen molar-refractivity contribution in [2.75, 3.05) is 11.6 Å². The van der Waals surface area contributed by atoms with Crippen molar-refractivity contribution >= 4 is 40.6 Å². The highest BCUT2D eigenvalue weighted by molar-refractivity contribution is 6.30. The topological polar surface area (TPSA) is 87.1 Å². The number of halogens is 4. The number of alkyl halides is 3. The Hall–Kier alpha value is -2.44. The first-order valence-corrected chi connectivity index (χ1v) is 15.3. The van der Waals surface area contributed by atoms with Crippen LogP contribution in [0.1, 0.15) is 53.4 Å². The summed E-state index contributed by atoms with van der Waals surface area (Å²) < 4.78 is 32.9. The van der Waals surface area contributed by atoms with E-state index in [0.717, 1.165) is 12.5 Å². The predicted octanol–water partition coefficient (Wildman–Crippen LogP) is 6.49. The molecule has 1 aromatic rings. The molecule has 5 aliphatic rings. The van der Waals surface area contributed by atoms with Gasteiger partial charge in [0.25, 0.3) is 0 Å². The van der Waals surface area contributed by atoms with Crippen molar-refractivity contribution in [1.82, 2.24) is 0 Å². The van der Waals surface area contributed by atoms with Gasteiger partial charge in [0, 0.05) is 27.7 Å². The molecule has 0 amide bonds. The summed E-state index contributed by atoms with van der Waals surface area (Å²) in [6, 6.07) is 6.85. The van der Waals surface area contributed by atoms with Crippen LogP contribution in [0.25, 0.3) is 0 Å². The Morgan fingerprint density at radius 2 is 1.91 bits per heavy atom. The molecule has 1 saturated heterocycles. The van der Waals surface area contributed by atoms with Gasteiger partial charge in [-0.15, -0.1) is 18.0 Å². The number of carbonyl (C=O) groups is 2. The average molecular weight is 637 g/mol. The minimum Gasteiger partial charge on any atom is -0.479 e. The van der Waals surface area contributed by atoms with Gasteiger partial charge in [0.2, 0.25) is 5.60 Å². The van der Waals surface area contributed by atoms with Crippen LogP contribution in [0.4, 0.5) is 14.5 Å². The zero-order chi connectivity index (χ0) is 31.8. The first kappa shape index (κ1) is 32.0. The van der Waals surface area contributed by atoms with Gasteiger partial charge in [-0.3, -0.25) is 14.7 Å². The fourth-order valence-corrected chi connectivity index (χ4v) is 8.60. The quantitative estimate of drug-likeness (QED) is 0.292. The maximum atomic E-state index is 17.3. The largest absolute Gasteiger partial charge is 0.479 e. The minimum atomic E-state index is -2.25. The van der Waals surface area contributed by atoms with Crippen molar-refractivity contribution < 1.29 is 33.4 Å². The van der Waals surface area contributed by atoms with E-state index in [2.05, 4.69) is 5.92 Å². The number of fused-ring (bicyclic) bond motifs is 7. The Labute approximate surface area is 261 Å². The first-order valence-electron chi connectivity index (χ1n) is 14.6. The molecule has 1 aliphatic heterocycles. The maximum Gasteiger partial charge on any atom is 0.339 e. The Morgan fingerprint density at radius 3 is 2.47 bits per heavy atom. The van der Waals surface area contributed by atoms with Crippen molar-refractivity contribution in [2.45, 2.75) is 81.8 Å². The van der Waals surface area contributed by atoms with E-state index in [0.29, 0.717) is 17.1 Å². The predicted molar refractivity (Wildman–Crippen MR) is 161 cm³/mol. The maximum absolute atomic E-state index is 17.3. The molecule has 10 heteroatoms. The molecule has 43 heavy (non-hydrogen) atoms. The van der Waals surface area contributed by atoms with Crippen LogP contribution in [0.2, 0.25) is 5.02 Å². The van der Waals surface area contributed by atoms with Crippen LogP contribution in [-0.4, -0.2) is 56.9 Å². The number of rotatable bonds is 3. The molecule has 0 bridgehead atoms. The highest BCUT2D eigenvalue weighted by atomic mass is 35.5. The number of anilines is 1. The minimum absolute atomic E-state index is 0.0488. The number of carboxylic acid groups (broad SMARTS) is 1. The third kappa shape index (κ3) is 4.48. The van der Waals surface area contributed by atoms with E-state index in [1.54, 1.807) is 31.2 Å². The van der Waals surface area contributed by atoms with Gasteiger partial charge >= 0.3 is 5.97 Å². The number of hydrogen-bond donors (Lipinski definition) is 2. The number of benzene rings is 1. The summed E-state index contributed by atoms with van der Waals surface area (Å²) in [4.78, 5) is 30.8. The molecule has 232 valence electrons. The highest BCUT2D eigenvalue weighted by Crippen LogP contribution is 2.72. The molecule has 6 rings (SSSR count). The Bertz CT molecular complexity index is 1420. The van der Waals surface area contributed by atoms with Crippen LogP contribution in [0.3, 0.4) is 0 Å². The lowest BCUT2D eigenvalue weighted by atomic mass is 9.44. The molecule has 6 nitrogen and oxygen atoms in total. The van der Waals surface area contributed by atoms with Crippen molar-refractivity contribution in [3.8, 4) is 12.3 Å². The third-order valence-electron chi connectivity index (χ3n) is 11.0. The van der Waals surface area contributed by atoms with Gasteiger partial charge in [-0.25, -0.2) is 13.6 Å². The van der Waals surface area contributed by atoms with Gasteiger partial charge in [0.05, 0.1) is 18.3 Å². The smallest absolute Gasteiger partial charge is 0.339 e. The number of ketones is 1. The van der Waals surface area contributed by atoms with E-state index in [-0.39, 0.29) is 25.0 Å². The lowest BCUT2D eigenvalue weighted by molar-refractivity contribution is -0.233. The van der Waals surface area contributed by atoms with Crippen molar-refractivity contribution in [1.29, 1.82) is 0 Å². The number of aliphatic hydroxyl groups excluding tert-OH is 1. The second-order valence-corrected chi connectivity index (χ2v) is 14.4. The standard InChI is InChI=1S/C27H28ClF2NO5.C6H9Cl/c1-24-8-7-17(32)10-20(24)21(29)11-19-18-9-14-13-31(16-5-3-15(28)4-6-16)36-27(14,23(34)35)25(18,2)12-22(33)26(19,24)30;1-4-6(3,7)5-2/h3-8,10,14,18-19,21-22,33H,9,11-13H2,1-2H3,(H,34,35);1H,5H2,2-3H3/t14-,18?,19-,21-,22-,24-,25-,26-,27-;/m0./s1. The van der Waals surface area contributed by atoms with Crippen LogP contribution < -0.4 is 5.06 Å². The Kier molecular flexibility index (Phi) is 7.87. The van der Waals surface area contributed by atoms with E-state index in [9.17, 15) is 19.8 Å². The van der Waals surface area contributed by atoms with E-state index in [1.807, 2.05) is 13.8 Å². The SMILES string of the molecule is C#CC(C)(Cl)CC.C[C@]12C=CC(=O)C=C1[C@@H](F)C[C@H]1C3C[C@H]4CN(c5ccc(Cl)cc5)O[C@@]4(C(=O)O)[C@@]3(C)C[C@H](O)[C@@]12F. The van der Waals surface area contributed by atoms with Gasteiger partial charge in [-0.2, -0.15) is 0 Å². The monoisotopic (exact) mass is 635 g/mol. The molecule has 0 radical (unpaired) electrons. The fraction of sp³-hybridized carbons (Fsp3) is 0.576. The number of carboxylic acids is 1. The molecule has 0 spiro atoms. The zero-order valence-electron chi connectivity index (χ0n) is 24.6. The summed E-state index contributed by atoms with van der Waals surface area (Å²) >= 11 is 11.7. The van der Waals surface area contributed by atoms with Gasteiger partial charge in [0.1, 0.15) is 11.0 Å². The molecular formula is C33H37Cl2F2NO5. The number of hydroxylamine groups is 1. The normalized spacial score (nSPS) is 42.2. The third-order valence-corrected chi connectivity index (χ3v) is 11.6. The summed E-state index contributed by atoms with van der Waals surface area (Å²) in [5, 5.41) is 24.1. The van der Waals surface area contributed by atoms with E-state index >= 15 is 8.78 Å². The van der Waals surface area contributed by atoms with Crippen LogP contribution in [0.15, 0.2) is 48.1 Å². The van der Waals surface area contributed by atoms with E-state index in [1.165, 1.54) is 24.1 Å². The molecule has 2 N–H and O–H groups in total. The highest BCUT2D eigenvalue weighted by Gasteiger charge is 2.80. The number of carbonyl (C=O) groups excluding carboxylic acids is 1. The zero-order valence-corrected chi connectivity index (χ0v) is 26.1. The van der Waals surface area contributed by atoms with E-state index in [4.69, 9.17) is 34.5 Å². The van der Waals surface area contributed by atoms with Gasteiger partial charge in [0.15, 0.2) is 11.5 Å². The van der Waals surface area contributed by atoms with Crippen LogP contribution in [0, 0.1) is 40.9 Å². The Balaban J connectivity index is 0.000000472. The molecule has 4 fully saturated rings. The summed E-state index contributed by atoms with van der Waals surface area (Å²) in [7, 11) is 0. The molecule has 1 aromatic carbocycles. The van der Waals surface area contributed by atoms with Crippen molar-refractivity contribution in [2.24, 2.45) is 28.6 Å². The molecule has 4 aliphatic carbocycles. The van der Waals surface area contributed by atoms with Gasteiger partial charge in [-0.1, -0.05) is 37.4 Å². The average Bonchev–Trinajstić information content (AvgIpc) is 3.46. The summed E-state index contributed by atoms with van der Waals surface area (Å²) in [6.45, 7) is 7.33. The summed E-state index contributed by atoms with van der Waals surface area (Å²) in [5.41, 5.74) is -5.93. The number of nitrogens with zero attached hydrogens (tertiary/aromatic N) is 1. The lowest BCUT2D eigenvalue weighted by Crippen LogP contribution is -2.70. The number of aliphatic hydroxyl groups is 1. The Morgan fingerprint density at radius 1 is 1.26 bits per heavy atom. The second kappa shape index (κ2) is 10.6. The molecule has 1 heterocycles. The first-order chi connectivity index (χ1) is 20.0. The van der Waals surface area contributed by atoms with E-state index < -0.39 is 68.8 Å². The lowest BCUT2D eigenvalue weighted by Gasteiger charge is -2.62. The number of hydrogen-bond acceptors (Lipinski definition) is 5.